The molecule has 0 aliphatic carbocycles. The molecular weight excluding hydrogens is 304 g/mol. The lowest BCUT2D eigenvalue weighted by Crippen LogP contribution is -2.30. The minimum Gasteiger partial charge on any atom is -0.374 e. The largest absolute Gasteiger partial charge is 0.374 e. The van der Waals surface area contributed by atoms with Gasteiger partial charge in [0.2, 0.25) is 0 Å². The molecule has 0 heterocycles. The molecule has 23 heavy (non-hydrogen) atoms. The molecule has 0 fully saturated rings. The van der Waals surface area contributed by atoms with Gasteiger partial charge in [-0.2, -0.15) is 0 Å². The maximum Gasteiger partial charge on any atom is 0.170 e. The monoisotopic (exact) mass is 328 g/mol. The van der Waals surface area contributed by atoms with Crippen molar-refractivity contribution in [3.63, 3.8) is 0 Å². The maximum atomic E-state index is 5.84. The van der Waals surface area contributed by atoms with Crippen LogP contribution in [0.4, 0.5) is 5.69 Å². The number of hydrogen-bond acceptors (Lipinski definition) is 2. The van der Waals surface area contributed by atoms with Gasteiger partial charge in [0.05, 0.1) is 6.10 Å². The summed E-state index contributed by atoms with van der Waals surface area (Å²) in [6.45, 7) is 5.63. The van der Waals surface area contributed by atoms with Crippen LogP contribution in [0, 0.1) is 6.92 Å². The van der Waals surface area contributed by atoms with Crippen molar-refractivity contribution in [2.45, 2.75) is 26.4 Å². The van der Waals surface area contributed by atoms with Gasteiger partial charge in [-0.3, -0.25) is 0 Å². The van der Waals surface area contributed by atoms with Crippen molar-refractivity contribution in [1.29, 1.82) is 0 Å². The van der Waals surface area contributed by atoms with Gasteiger partial charge in [0, 0.05) is 18.8 Å². The molecule has 3 nitrogen and oxygen atoms in total. The van der Waals surface area contributed by atoms with Gasteiger partial charge in [0.1, 0.15) is 0 Å². The van der Waals surface area contributed by atoms with Crippen LogP contribution < -0.4 is 10.6 Å². The van der Waals surface area contributed by atoms with Crippen molar-refractivity contribution in [2.75, 3.05) is 18.5 Å². The van der Waals surface area contributed by atoms with Crippen LogP contribution in [-0.4, -0.2) is 18.3 Å². The van der Waals surface area contributed by atoms with Crippen LogP contribution in [0.25, 0.3) is 0 Å². The first kappa shape index (κ1) is 17.4. The van der Waals surface area contributed by atoms with Crippen molar-refractivity contribution in [3.05, 3.63) is 65.7 Å². The molecule has 2 aromatic rings. The van der Waals surface area contributed by atoms with Crippen molar-refractivity contribution < 1.29 is 4.74 Å². The average molecular weight is 328 g/mol. The third-order valence-electron chi connectivity index (χ3n) is 3.64. The Balaban J connectivity index is 1.62. The Kier molecular flexibility index (Phi) is 7.04. The second-order valence-electron chi connectivity index (χ2n) is 5.47. The number of ether oxygens (including phenoxy) is 1. The standard InChI is InChI=1S/C19H24N2OS/c1-15-9-6-7-12-18(15)21-19(23)20-13-8-14-22-16(2)17-10-4-3-5-11-17/h3-7,9-12,16H,8,13-14H2,1-2H3,(H2,20,21,23)/t16-/m0/s1. The van der Waals surface area contributed by atoms with E-state index in [1.54, 1.807) is 0 Å². The number of para-hydroxylation sites is 1. The quantitative estimate of drug-likeness (QED) is 0.581. The molecule has 4 heteroatoms. The zero-order valence-corrected chi connectivity index (χ0v) is 14.5. The Morgan fingerprint density at radius 1 is 1.09 bits per heavy atom. The second kappa shape index (κ2) is 9.28. The molecule has 0 saturated heterocycles. The zero-order valence-electron chi connectivity index (χ0n) is 13.7. The molecule has 0 amide bonds. The first-order chi connectivity index (χ1) is 11.2. The maximum absolute atomic E-state index is 5.84. The van der Waals surface area contributed by atoms with Crippen LogP contribution in [0.1, 0.15) is 30.6 Å². The summed E-state index contributed by atoms with van der Waals surface area (Å²) in [5, 5.41) is 7.08. The van der Waals surface area contributed by atoms with Crippen LogP contribution in [0.2, 0.25) is 0 Å². The van der Waals surface area contributed by atoms with Gasteiger partial charge < -0.3 is 15.4 Å². The second-order valence-corrected chi connectivity index (χ2v) is 5.88. The molecule has 2 aromatic carbocycles. The molecule has 0 spiro atoms. The molecule has 2 rings (SSSR count). The van der Waals surface area contributed by atoms with Gasteiger partial charge in [0.25, 0.3) is 0 Å². The van der Waals surface area contributed by atoms with E-state index in [1.807, 2.05) is 36.4 Å². The minimum absolute atomic E-state index is 0.119. The van der Waals surface area contributed by atoms with Crippen LogP contribution in [-0.2, 0) is 4.74 Å². The third kappa shape index (κ3) is 6.00. The van der Waals surface area contributed by atoms with Gasteiger partial charge in [-0.1, -0.05) is 48.5 Å². The predicted molar refractivity (Wildman–Crippen MR) is 101 cm³/mol. The fourth-order valence-corrected chi connectivity index (χ4v) is 2.45. The van der Waals surface area contributed by atoms with Crippen LogP contribution in [0.3, 0.4) is 0 Å². The van der Waals surface area contributed by atoms with E-state index in [0.717, 1.165) is 18.7 Å². The summed E-state index contributed by atoms with van der Waals surface area (Å²) >= 11 is 5.31. The van der Waals surface area contributed by atoms with Gasteiger partial charge in [-0.15, -0.1) is 0 Å². The van der Waals surface area contributed by atoms with E-state index in [0.29, 0.717) is 11.7 Å². The van der Waals surface area contributed by atoms with Crippen LogP contribution in [0.15, 0.2) is 54.6 Å². The highest BCUT2D eigenvalue weighted by molar-refractivity contribution is 7.80. The van der Waals surface area contributed by atoms with E-state index in [4.69, 9.17) is 17.0 Å². The van der Waals surface area contributed by atoms with E-state index in [9.17, 15) is 0 Å². The number of aryl methyl sites for hydroxylation is 1. The number of thiocarbonyl (C=S) groups is 1. The zero-order chi connectivity index (χ0) is 16.5. The normalized spacial score (nSPS) is 11.7. The molecule has 122 valence electrons. The number of hydrogen-bond donors (Lipinski definition) is 2. The number of rotatable bonds is 7. The Hall–Kier alpha value is -1.91. The molecule has 2 N–H and O–H groups in total. The lowest BCUT2D eigenvalue weighted by atomic mass is 10.1. The molecule has 0 aliphatic heterocycles. The number of anilines is 1. The molecule has 1 atom stereocenters. The summed E-state index contributed by atoms with van der Waals surface area (Å²) in [6.07, 6.45) is 1.03. The highest BCUT2D eigenvalue weighted by Gasteiger charge is 2.04. The summed E-state index contributed by atoms with van der Waals surface area (Å²) in [5.41, 5.74) is 3.42. The van der Waals surface area contributed by atoms with E-state index < -0.39 is 0 Å². The summed E-state index contributed by atoms with van der Waals surface area (Å²) in [6, 6.07) is 18.4. The molecule has 0 bridgehead atoms. The fourth-order valence-electron chi connectivity index (χ4n) is 2.23. The van der Waals surface area contributed by atoms with Gasteiger partial charge in [0.15, 0.2) is 5.11 Å². The van der Waals surface area contributed by atoms with E-state index in [2.05, 4.69) is 42.7 Å². The van der Waals surface area contributed by atoms with Gasteiger partial charge in [-0.25, -0.2) is 0 Å². The number of nitrogens with one attached hydrogen (secondary N) is 2. The average Bonchev–Trinajstić information content (AvgIpc) is 2.57. The molecule has 0 aliphatic rings. The summed E-state index contributed by atoms with van der Waals surface area (Å²) in [5.74, 6) is 0. The lowest BCUT2D eigenvalue weighted by Gasteiger charge is -2.15. The Bertz CT molecular complexity index is 616. The van der Waals surface area contributed by atoms with Gasteiger partial charge in [-0.05, 0) is 49.7 Å². The first-order valence-corrected chi connectivity index (χ1v) is 8.34. The van der Waals surface area contributed by atoms with Crippen LogP contribution in [0.5, 0.6) is 0 Å². The van der Waals surface area contributed by atoms with Gasteiger partial charge >= 0.3 is 0 Å². The van der Waals surface area contributed by atoms with E-state index in [1.165, 1.54) is 11.1 Å². The minimum atomic E-state index is 0.119. The highest BCUT2D eigenvalue weighted by atomic mass is 32.1. The number of benzene rings is 2. The van der Waals surface area contributed by atoms with E-state index >= 15 is 0 Å². The third-order valence-corrected chi connectivity index (χ3v) is 3.88. The molecule has 0 unspecified atom stereocenters. The van der Waals surface area contributed by atoms with Crippen molar-refractivity contribution in [3.8, 4) is 0 Å². The van der Waals surface area contributed by atoms with Crippen LogP contribution >= 0.6 is 12.2 Å². The van der Waals surface area contributed by atoms with Crippen molar-refractivity contribution >= 4 is 23.0 Å². The Morgan fingerprint density at radius 3 is 2.52 bits per heavy atom. The lowest BCUT2D eigenvalue weighted by molar-refractivity contribution is 0.0646. The molecule has 0 saturated carbocycles. The smallest absolute Gasteiger partial charge is 0.170 e. The molecule has 0 aromatic heterocycles. The first-order valence-electron chi connectivity index (χ1n) is 7.94. The summed E-state index contributed by atoms with van der Waals surface area (Å²) in [7, 11) is 0. The van der Waals surface area contributed by atoms with E-state index in [-0.39, 0.29) is 6.10 Å². The molecular formula is C19H24N2OS. The SMILES string of the molecule is Cc1ccccc1NC(=S)NCCCO[C@@H](C)c1ccccc1. The van der Waals surface area contributed by atoms with Crippen molar-refractivity contribution in [2.24, 2.45) is 0 Å². The summed E-state index contributed by atoms with van der Waals surface area (Å²) in [4.78, 5) is 0. The predicted octanol–water partition coefficient (Wildman–Crippen LogP) is 4.45. The fraction of sp³-hybridized carbons (Fsp3) is 0.316. The topological polar surface area (TPSA) is 33.3 Å². The molecule has 0 radical (unpaired) electrons. The Labute approximate surface area is 144 Å². The highest BCUT2D eigenvalue weighted by Crippen LogP contribution is 2.16. The summed E-state index contributed by atoms with van der Waals surface area (Å²) < 4.78 is 5.84. The Morgan fingerprint density at radius 2 is 1.78 bits per heavy atom. The van der Waals surface area contributed by atoms with Crippen molar-refractivity contribution in [1.82, 2.24) is 5.32 Å².